The van der Waals surface area contributed by atoms with Crippen molar-refractivity contribution in [3.8, 4) is 0 Å². The zero-order valence-corrected chi connectivity index (χ0v) is 8.93. The lowest BCUT2D eigenvalue weighted by molar-refractivity contribution is -0.504. The second kappa shape index (κ2) is 8.69. The summed E-state index contributed by atoms with van der Waals surface area (Å²) in [5.41, 5.74) is 1.15. The number of rotatable bonds is 4. The molecule has 3 heteroatoms. The Morgan fingerprint density at radius 3 is 2.29 bits per heavy atom. The molecule has 14 heavy (non-hydrogen) atoms. The van der Waals surface area contributed by atoms with Crippen LogP contribution in [-0.2, 0) is 16.3 Å². The Bertz CT molecular complexity index is 211. The molecule has 1 aromatic rings. The van der Waals surface area contributed by atoms with Crippen molar-refractivity contribution in [1.82, 2.24) is 0 Å². The van der Waals surface area contributed by atoms with Crippen molar-refractivity contribution in [2.24, 2.45) is 0 Å². The summed E-state index contributed by atoms with van der Waals surface area (Å²) in [6.45, 7) is 5.82. The predicted octanol–water partition coefficient (Wildman–Crippen LogP) is 3.07. The molecule has 1 unspecified atom stereocenters. The Balaban J connectivity index is 0.000000791. The van der Waals surface area contributed by atoms with Gasteiger partial charge in [-0.3, -0.25) is 0 Å². The molecule has 0 radical (unpaired) electrons. The number of hydrogen-bond donors (Lipinski definition) is 1. The maximum absolute atomic E-state index is 7.99. The molecule has 0 aliphatic heterocycles. The molecular weight excluding hydrogens is 180 g/mol. The quantitative estimate of drug-likeness (QED) is 0.597. The summed E-state index contributed by atoms with van der Waals surface area (Å²) in [5, 5.41) is 11.6. The van der Waals surface area contributed by atoms with E-state index in [0.717, 1.165) is 12.0 Å². The van der Waals surface area contributed by atoms with Gasteiger partial charge in [-0.25, -0.2) is 10.1 Å². The smallest absolute Gasteiger partial charge is 0.0973 e. The standard InChI is InChI=1S/C9H12O3.C2H6/c1-8(11-12-10)7-9-5-3-2-4-6-9;1-2/h2-6,8,10H,7H2,1H3;1-2H3. The highest BCUT2D eigenvalue weighted by molar-refractivity contribution is 5.15. The lowest BCUT2D eigenvalue weighted by Gasteiger charge is -2.07. The van der Waals surface area contributed by atoms with Crippen LogP contribution in [0.4, 0.5) is 0 Å². The van der Waals surface area contributed by atoms with Crippen molar-refractivity contribution >= 4 is 0 Å². The Labute approximate surface area is 85.1 Å². The maximum Gasteiger partial charge on any atom is 0.0973 e. The lowest BCUT2D eigenvalue weighted by Crippen LogP contribution is -2.10. The third-order valence-electron chi connectivity index (χ3n) is 1.57. The van der Waals surface area contributed by atoms with Crippen LogP contribution in [0.5, 0.6) is 0 Å². The van der Waals surface area contributed by atoms with Crippen LogP contribution in [0.1, 0.15) is 26.3 Å². The van der Waals surface area contributed by atoms with E-state index in [2.05, 4.69) is 9.93 Å². The van der Waals surface area contributed by atoms with Gasteiger partial charge in [-0.2, -0.15) is 0 Å². The van der Waals surface area contributed by atoms with Crippen molar-refractivity contribution in [1.29, 1.82) is 0 Å². The molecule has 0 aromatic heterocycles. The van der Waals surface area contributed by atoms with E-state index in [9.17, 15) is 0 Å². The van der Waals surface area contributed by atoms with Crippen LogP contribution in [0.15, 0.2) is 30.3 Å². The van der Waals surface area contributed by atoms with E-state index in [0.29, 0.717) is 0 Å². The first kappa shape index (κ1) is 13.1. The molecule has 1 atom stereocenters. The molecule has 0 amide bonds. The molecule has 0 saturated carbocycles. The minimum atomic E-state index is -0.141. The topological polar surface area (TPSA) is 38.7 Å². The second-order valence-corrected chi connectivity index (χ2v) is 2.67. The lowest BCUT2D eigenvalue weighted by atomic mass is 10.1. The fourth-order valence-corrected chi connectivity index (χ4v) is 1.05. The summed E-state index contributed by atoms with van der Waals surface area (Å²) in [7, 11) is 0. The summed E-state index contributed by atoms with van der Waals surface area (Å²) in [4.78, 5) is 4.50. The molecule has 3 nitrogen and oxygen atoms in total. The molecule has 0 saturated heterocycles. The van der Waals surface area contributed by atoms with Gasteiger partial charge >= 0.3 is 0 Å². The molecule has 0 bridgehead atoms. The highest BCUT2D eigenvalue weighted by Crippen LogP contribution is 2.04. The minimum Gasteiger partial charge on any atom is -0.221 e. The van der Waals surface area contributed by atoms with E-state index in [4.69, 9.17) is 5.26 Å². The van der Waals surface area contributed by atoms with Crippen LogP contribution < -0.4 is 0 Å². The Morgan fingerprint density at radius 2 is 1.79 bits per heavy atom. The normalized spacial score (nSPS) is 11.4. The van der Waals surface area contributed by atoms with Crippen LogP contribution in [0.25, 0.3) is 0 Å². The van der Waals surface area contributed by atoms with E-state index < -0.39 is 0 Å². The minimum absolute atomic E-state index is 0.141. The maximum atomic E-state index is 7.99. The molecule has 0 heterocycles. The predicted molar refractivity (Wildman–Crippen MR) is 55.8 cm³/mol. The molecule has 0 aliphatic carbocycles. The van der Waals surface area contributed by atoms with E-state index in [1.807, 2.05) is 51.1 Å². The molecular formula is C11H18O3. The zero-order valence-electron chi connectivity index (χ0n) is 8.93. The van der Waals surface area contributed by atoms with Gasteiger partial charge in [-0.1, -0.05) is 49.2 Å². The molecule has 0 spiro atoms. The summed E-state index contributed by atoms with van der Waals surface area (Å²) < 4.78 is 0. The largest absolute Gasteiger partial charge is 0.221 e. The molecule has 1 rings (SSSR count). The molecule has 80 valence electrons. The second-order valence-electron chi connectivity index (χ2n) is 2.67. The first-order valence-corrected chi connectivity index (χ1v) is 4.83. The molecule has 1 aromatic carbocycles. The van der Waals surface area contributed by atoms with E-state index in [-0.39, 0.29) is 6.10 Å². The first-order chi connectivity index (χ1) is 6.83. The van der Waals surface area contributed by atoms with Gasteiger partial charge in [0.05, 0.1) is 6.10 Å². The van der Waals surface area contributed by atoms with Crippen molar-refractivity contribution < 1.29 is 15.2 Å². The van der Waals surface area contributed by atoms with Crippen LogP contribution in [0.3, 0.4) is 0 Å². The third kappa shape index (κ3) is 5.70. The summed E-state index contributed by atoms with van der Waals surface area (Å²) >= 11 is 0. The van der Waals surface area contributed by atoms with Gasteiger partial charge in [-0.05, 0) is 12.5 Å². The van der Waals surface area contributed by atoms with Crippen molar-refractivity contribution in [2.75, 3.05) is 0 Å². The van der Waals surface area contributed by atoms with Gasteiger partial charge in [0.25, 0.3) is 0 Å². The summed E-state index contributed by atoms with van der Waals surface area (Å²) in [6.07, 6.45) is 0.582. The Morgan fingerprint density at radius 1 is 1.21 bits per heavy atom. The zero-order chi connectivity index (χ0) is 10.8. The van der Waals surface area contributed by atoms with Crippen LogP contribution in [0.2, 0.25) is 0 Å². The van der Waals surface area contributed by atoms with Gasteiger partial charge in [0.2, 0.25) is 0 Å². The monoisotopic (exact) mass is 198 g/mol. The fraction of sp³-hybridized carbons (Fsp3) is 0.455. The van der Waals surface area contributed by atoms with Crippen LogP contribution in [0, 0.1) is 0 Å². The van der Waals surface area contributed by atoms with Crippen LogP contribution >= 0.6 is 0 Å². The van der Waals surface area contributed by atoms with Crippen molar-refractivity contribution in [3.63, 3.8) is 0 Å². The average Bonchev–Trinajstić information content (AvgIpc) is 2.22. The van der Waals surface area contributed by atoms with Crippen LogP contribution in [-0.4, -0.2) is 11.4 Å². The van der Waals surface area contributed by atoms with Gasteiger partial charge in [-0.15, -0.1) is 0 Å². The SMILES string of the molecule is CC.CC(Cc1ccccc1)OOO. The highest BCUT2D eigenvalue weighted by Gasteiger charge is 2.03. The van der Waals surface area contributed by atoms with Crippen molar-refractivity contribution in [3.05, 3.63) is 35.9 Å². The average molecular weight is 198 g/mol. The van der Waals surface area contributed by atoms with Gasteiger partial charge in [0.15, 0.2) is 0 Å². The molecule has 0 aliphatic rings. The van der Waals surface area contributed by atoms with E-state index >= 15 is 0 Å². The Hall–Kier alpha value is -0.900. The number of hydrogen-bond acceptors (Lipinski definition) is 3. The first-order valence-electron chi connectivity index (χ1n) is 4.83. The highest BCUT2D eigenvalue weighted by atomic mass is 17.5. The Kier molecular flexibility index (Phi) is 8.13. The third-order valence-corrected chi connectivity index (χ3v) is 1.57. The molecule has 1 N–H and O–H groups in total. The number of benzene rings is 1. The van der Waals surface area contributed by atoms with E-state index in [1.54, 1.807) is 0 Å². The summed E-state index contributed by atoms with van der Waals surface area (Å²) in [5.74, 6) is 0. The molecule has 0 fully saturated rings. The van der Waals surface area contributed by atoms with E-state index in [1.165, 1.54) is 0 Å². The van der Waals surface area contributed by atoms with Gasteiger partial charge in [0, 0.05) is 6.42 Å². The van der Waals surface area contributed by atoms with Crippen molar-refractivity contribution in [2.45, 2.75) is 33.3 Å². The summed E-state index contributed by atoms with van der Waals surface area (Å²) in [6, 6.07) is 9.87. The fourth-order valence-electron chi connectivity index (χ4n) is 1.05. The van der Waals surface area contributed by atoms with Gasteiger partial charge in [0.1, 0.15) is 0 Å². The van der Waals surface area contributed by atoms with Gasteiger partial charge < -0.3 is 0 Å².